The fourth-order valence-corrected chi connectivity index (χ4v) is 3.86. The second-order valence-electron chi connectivity index (χ2n) is 6.68. The van der Waals surface area contributed by atoms with E-state index in [1.54, 1.807) is 24.3 Å². The minimum Gasteiger partial charge on any atom is -0.491 e. The van der Waals surface area contributed by atoms with E-state index in [9.17, 15) is 20.0 Å². The molecule has 4 aromatic rings. The van der Waals surface area contributed by atoms with Crippen molar-refractivity contribution < 1.29 is 19.2 Å². The van der Waals surface area contributed by atoms with Crippen LogP contribution in [-0.2, 0) is 0 Å². The van der Waals surface area contributed by atoms with E-state index in [2.05, 4.69) is 10.3 Å². The van der Waals surface area contributed by atoms with Gasteiger partial charge in [-0.1, -0.05) is 11.3 Å². The van der Waals surface area contributed by atoms with Gasteiger partial charge in [-0.05, 0) is 30.7 Å². The molecule has 2 N–H and O–H groups in total. The van der Waals surface area contributed by atoms with Crippen molar-refractivity contribution in [2.75, 3.05) is 18.5 Å². The number of hydrogen-bond acceptors (Lipinski definition) is 9. The molecule has 0 spiro atoms. The molecular weight excluding hydrogens is 410 g/mol. The zero-order chi connectivity index (χ0) is 21.3. The summed E-state index contributed by atoms with van der Waals surface area (Å²) >= 11 is 1.27. The van der Waals surface area contributed by atoms with E-state index in [1.165, 1.54) is 29.5 Å². The summed E-state index contributed by atoms with van der Waals surface area (Å²) < 4.78 is 11.5. The van der Waals surface area contributed by atoms with E-state index < -0.39 is 16.7 Å². The Hall–Kier alpha value is -3.50. The molecule has 2 aromatic heterocycles. The molecule has 0 aliphatic heterocycles. The third-order valence-electron chi connectivity index (χ3n) is 4.44. The first kappa shape index (κ1) is 19.8. The number of nitro benzene ring substituents is 1. The highest BCUT2D eigenvalue weighted by atomic mass is 32.1. The molecule has 1 unspecified atom stereocenters. The van der Waals surface area contributed by atoms with Gasteiger partial charge in [-0.15, -0.1) is 0 Å². The molecule has 0 bridgehead atoms. The van der Waals surface area contributed by atoms with Crippen LogP contribution in [-0.4, -0.2) is 34.3 Å². The Morgan fingerprint density at radius 3 is 2.93 bits per heavy atom. The van der Waals surface area contributed by atoms with Crippen molar-refractivity contribution >= 4 is 43.3 Å². The van der Waals surface area contributed by atoms with Crippen molar-refractivity contribution in [3.05, 3.63) is 68.6 Å². The van der Waals surface area contributed by atoms with Crippen LogP contribution in [0.3, 0.4) is 0 Å². The summed E-state index contributed by atoms with van der Waals surface area (Å²) in [5, 5.41) is 25.4. The molecule has 30 heavy (non-hydrogen) atoms. The van der Waals surface area contributed by atoms with Crippen LogP contribution in [0.2, 0.25) is 0 Å². The predicted octanol–water partition coefficient (Wildman–Crippen LogP) is 3.47. The molecule has 0 fully saturated rings. The van der Waals surface area contributed by atoms with Gasteiger partial charge in [0.05, 0.1) is 15.1 Å². The third kappa shape index (κ3) is 4.24. The summed E-state index contributed by atoms with van der Waals surface area (Å²) in [6.45, 7) is 2.03. The molecule has 9 nitrogen and oxygen atoms in total. The number of thiazole rings is 1. The number of aryl methyl sites for hydroxylation is 1. The molecule has 0 aliphatic rings. The Kier molecular flexibility index (Phi) is 5.34. The summed E-state index contributed by atoms with van der Waals surface area (Å²) in [5.41, 5.74) is 1.47. The van der Waals surface area contributed by atoms with Gasteiger partial charge in [0.15, 0.2) is 5.13 Å². The number of benzene rings is 2. The van der Waals surface area contributed by atoms with Gasteiger partial charge < -0.3 is 19.6 Å². The molecule has 0 radical (unpaired) electrons. The summed E-state index contributed by atoms with van der Waals surface area (Å²) in [6.07, 6.45) is -0.827. The first-order valence-electron chi connectivity index (χ1n) is 9.03. The monoisotopic (exact) mass is 427 g/mol. The van der Waals surface area contributed by atoms with Gasteiger partial charge in [0.25, 0.3) is 5.69 Å². The maximum Gasteiger partial charge on any atom is 0.336 e. The van der Waals surface area contributed by atoms with E-state index in [0.717, 1.165) is 10.9 Å². The van der Waals surface area contributed by atoms with E-state index in [1.807, 2.05) is 6.92 Å². The van der Waals surface area contributed by atoms with Crippen molar-refractivity contribution in [2.24, 2.45) is 0 Å². The minimum absolute atomic E-state index is 0.00699. The molecule has 4 rings (SSSR count). The summed E-state index contributed by atoms with van der Waals surface area (Å²) in [6, 6.07) is 11.1. The summed E-state index contributed by atoms with van der Waals surface area (Å²) in [5.74, 6) is 0.475. The smallest absolute Gasteiger partial charge is 0.336 e. The van der Waals surface area contributed by atoms with Gasteiger partial charge in [0.2, 0.25) is 0 Å². The van der Waals surface area contributed by atoms with E-state index in [0.29, 0.717) is 26.7 Å². The van der Waals surface area contributed by atoms with Crippen LogP contribution in [0, 0.1) is 17.0 Å². The lowest BCUT2D eigenvalue weighted by Crippen LogP contribution is -2.26. The number of rotatable bonds is 7. The van der Waals surface area contributed by atoms with Gasteiger partial charge in [-0.3, -0.25) is 10.1 Å². The lowest BCUT2D eigenvalue weighted by atomic mass is 10.1. The first-order chi connectivity index (χ1) is 14.4. The SMILES string of the molecule is Cc1cc(=O)oc2cc(OCC(O)CNc3nc4ccc([N+](=O)[O-])cc4s3)ccc12. The number of non-ortho nitro benzene ring substituents is 1. The van der Waals surface area contributed by atoms with E-state index >= 15 is 0 Å². The molecule has 2 aromatic carbocycles. The molecule has 0 amide bonds. The molecule has 0 saturated carbocycles. The van der Waals surface area contributed by atoms with Gasteiger partial charge in [-0.2, -0.15) is 0 Å². The standard InChI is InChI=1S/C20H17N3O6S/c1-11-6-19(25)29-17-8-14(3-4-15(11)17)28-10-13(24)9-21-20-22-16-5-2-12(23(26)27)7-18(16)30-20/h2-8,13,24H,9-10H2,1H3,(H,21,22). The Balaban J connectivity index is 1.36. The van der Waals surface area contributed by atoms with Crippen molar-refractivity contribution in [1.29, 1.82) is 0 Å². The third-order valence-corrected chi connectivity index (χ3v) is 5.41. The number of fused-ring (bicyclic) bond motifs is 2. The quantitative estimate of drug-likeness (QED) is 0.261. The molecule has 10 heteroatoms. The number of nitrogens with zero attached hydrogens (tertiary/aromatic N) is 2. The first-order valence-corrected chi connectivity index (χ1v) is 9.85. The minimum atomic E-state index is -0.827. The van der Waals surface area contributed by atoms with E-state index in [-0.39, 0.29) is 18.8 Å². The summed E-state index contributed by atoms with van der Waals surface area (Å²) in [4.78, 5) is 26.3. The lowest BCUT2D eigenvalue weighted by Gasteiger charge is -2.13. The molecule has 154 valence electrons. The van der Waals surface area contributed by atoms with Crippen LogP contribution in [0.4, 0.5) is 10.8 Å². The molecule has 1 atom stereocenters. The van der Waals surface area contributed by atoms with Crippen LogP contribution < -0.4 is 15.7 Å². The number of nitro groups is 1. The molecule has 0 saturated heterocycles. The number of aliphatic hydroxyl groups is 1. The largest absolute Gasteiger partial charge is 0.491 e. The Bertz CT molecular complexity index is 1300. The Labute approximate surface area is 173 Å². The van der Waals surface area contributed by atoms with Crippen molar-refractivity contribution in [2.45, 2.75) is 13.0 Å². The summed E-state index contributed by atoms with van der Waals surface area (Å²) in [7, 11) is 0. The van der Waals surface area contributed by atoms with Gasteiger partial charge in [0.1, 0.15) is 24.0 Å². The second-order valence-corrected chi connectivity index (χ2v) is 7.71. The number of aromatic nitrogens is 1. The Morgan fingerprint density at radius 2 is 2.13 bits per heavy atom. The number of aliphatic hydroxyl groups excluding tert-OH is 1. The molecule has 2 heterocycles. The number of hydrogen-bond donors (Lipinski definition) is 2. The van der Waals surface area contributed by atoms with Crippen molar-refractivity contribution in [3.63, 3.8) is 0 Å². The maximum atomic E-state index is 11.5. The van der Waals surface area contributed by atoms with Crippen LogP contribution in [0.1, 0.15) is 5.56 Å². The number of ether oxygens (including phenoxy) is 1. The number of anilines is 1. The van der Waals surface area contributed by atoms with E-state index in [4.69, 9.17) is 9.15 Å². The second kappa shape index (κ2) is 8.09. The average Bonchev–Trinajstić information content (AvgIpc) is 3.12. The molecular formula is C20H17N3O6S. The topological polar surface area (TPSA) is 128 Å². The van der Waals surface area contributed by atoms with Crippen molar-refractivity contribution in [1.82, 2.24) is 4.98 Å². The highest BCUT2D eigenvalue weighted by Gasteiger charge is 2.12. The molecule has 0 aliphatic carbocycles. The predicted molar refractivity (Wildman–Crippen MR) is 113 cm³/mol. The normalized spacial score (nSPS) is 12.2. The maximum absolute atomic E-state index is 11.5. The zero-order valence-electron chi connectivity index (χ0n) is 15.8. The lowest BCUT2D eigenvalue weighted by molar-refractivity contribution is -0.384. The van der Waals surface area contributed by atoms with Crippen LogP contribution >= 0.6 is 11.3 Å². The fourth-order valence-electron chi connectivity index (χ4n) is 2.95. The number of nitrogens with one attached hydrogen (secondary N) is 1. The highest BCUT2D eigenvalue weighted by Crippen LogP contribution is 2.29. The Morgan fingerprint density at radius 1 is 1.30 bits per heavy atom. The van der Waals surface area contributed by atoms with Crippen molar-refractivity contribution in [3.8, 4) is 5.75 Å². The van der Waals surface area contributed by atoms with Gasteiger partial charge in [-0.25, -0.2) is 9.78 Å². The van der Waals surface area contributed by atoms with Crippen LogP contribution in [0.5, 0.6) is 5.75 Å². The van der Waals surface area contributed by atoms with Gasteiger partial charge in [0, 0.05) is 36.2 Å². The average molecular weight is 427 g/mol. The fraction of sp³-hybridized carbons (Fsp3) is 0.200. The zero-order valence-corrected chi connectivity index (χ0v) is 16.6. The van der Waals surface area contributed by atoms with Gasteiger partial charge >= 0.3 is 5.63 Å². The van der Waals surface area contributed by atoms with Crippen LogP contribution in [0.15, 0.2) is 51.7 Å². The highest BCUT2D eigenvalue weighted by molar-refractivity contribution is 7.22. The van der Waals surface area contributed by atoms with Crippen LogP contribution in [0.25, 0.3) is 21.2 Å².